The van der Waals surface area contributed by atoms with Crippen LogP contribution in [0.15, 0.2) is 65.6 Å². The quantitative estimate of drug-likeness (QED) is 0.460. The van der Waals surface area contributed by atoms with Crippen LogP contribution in [0.2, 0.25) is 0 Å². The Balaban J connectivity index is 2.04. The van der Waals surface area contributed by atoms with Gasteiger partial charge in [0.05, 0.1) is 5.25 Å². The minimum Gasteiger partial charge on any atom is -0.478 e. The number of benzene rings is 2. The van der Waals surface area contributed by atoms with Gasteiger partial charge in [-0.3, -0.25) is 9.59 Å². The second kappa shape index (κ2) is 10.3. The third kappa shape index (κ3) is 6.59. The second-order valence-corrected chi connectivity index (χ2v) is 7.28. The summed E-state index contributed by atoms with van der Waals surface area (Å²) in [7, 11) is 0. The van der Waals surface area contributed by atoms with Gasteiger partial charge in [-0.25, -0.2) is 4.79 Å². The Morgan fingerprint density at radius 2 is 1.82 bits per heavy atom. The highest BCUT2D eigenvalue weighted by molar-refractivity contribution is 8.00. The van der Waals surface area contributed by atoms with Gasteiger partial charge in [0, 0.05) is 28.4 Å². The number of aryl methyl sites for hydroxylation is 1. The van der Waals surface area contributed by atoms with Crippen molar-refractivity contribution in [3.8, 4) is 0 Å². The lowest BCUT2D eigenvalue weighted by atomic mass is 10.2. The minimum atomic E-state index is -1.19. The van der Waals surface area contributed by atoms with E-state index in [4.69, 9.17) is 5.11 Å². The Bertz CT molecular complexity index is 895. The number of rotatable bonds is 8. The maximum Gasteiger partial charge on any atom is 0.328 e. The fraction of sp³-hybridized carbons (Fsp3) is 0.190. The zero-order valence-corrected chi connectivity index (χ0v) is 16.5. The van der Waals surface area contributed by atoms with E-state index in [0.717, 1.165) is 28.3 Å². The second-order valence-electron chi connectivity index (χ2n) is 6.01. The van der Waals surface area contributed by atoms with Gasteiger partial charge in [-0.2, -0.15) is 0 Å². The first-order valence-electron chi connectivity index (χ1n) is 8.74. The molecule has 1 unspecified atom stereocenters. The van der Waals surface area contributed by atoms with E-state index >= 15 is 0 Å². The van der Waals surface area contributed by atoms with E-state index < -0.39 is 11.9 Å². The molecular weight excluding hydrogens is 376 g/mol. The van der Waals surface area contributed by atoms with E-state index in [1.807, 2.05) is 44.2 Å². The third-order valence-corrected chi connectivity index (χ3v) is 5.18. The molecule has 0 heterocycles. The predicted octanol–water partition coefficient (Wildman–Crippen LogP) is 4.08. The van der Waals surface area contributed by atoms with Crippen LogP contribution in [0.4, 0.5) is 11.4 Å². The first-order valence-corrected chi connectivity index (χ1v) is 9.62. The molecule has 2 aromatic rings. The summed E-state index contributed by atoms with van der Waals surface area (Å²) in [4.78, 5) is 35.7. The van der Waals surface area contributed by atoms with Gasteiger partial charge in [-0.15, -0.1) is 11.8 Å². The Hall–Kier alpha value is -3.06. The number of hydrogen-bond donors (Lipinski definition) is 3. The number of anilines is 2. The summed E-state index contributed by atoms with van der Waals surface area (Å²) in [5.74, 6) is -1.81. The molecule has 28 heavy (non-hydrogen) atoms. The van der Waals surface area contributed by atoms with Gasteiger partial charge in [0.1, 0.15) is 0 Å². The molecule has 146 valence electrons. The summed E-state index contributed by atoms with van der Waals surface area (Å²) in [6.07, 6.45) is 2.36. The van der Waals surface area contributed by atoms with Gasteiger partial charge in [0.25, 0.3) is 0 Å². The molecule has 0 aliphatic carbocycles. The first-order chi connectivity index (χ1) is 13.4. The number of hydrogen-bond acceptors (Lipinski definition) is 4. The molecule has 7 heteroatoms. The van der Waals surface area contributed by atoms with Crippen molar-refractivity contribution in [3.05, 3.63) is 66.2 Å². The smallest absolute Gasteiger partial charge is 0.328 e. The van der Waals surface area contributed by atoms with Crippen molar-refractivity contribution >= 4 is 40.9 Å². The van der Waals surface area contributed by atoms with Crippen LogP contribution in [-0.4, -0.2) is 28.1 Å². The molecule has 0 aromatic heterocycles. The molecular formula is C21H22N2O4S. The lowest BCUT2D eigenvalue weighted by Gasteiger charge is -2.16. The van der Waals surface area contributed by atoms with E-state index in [2.05, 4.69) is 10.6 Å². The number of carboxylic acid groups (broad SMARTS) is 1. The van der Waals surface area contributed by atoms with Crippen molar-refractivity contribution in [2.45, 2.75) is 30.4 Å². The largest absolute Gasteiger partial charge is 0.478 e. The van der Waals surface area contributed by atoms with Crippen molar-refractivity contribution < 1.29 is 19.5 Å². The zero-order valence-electron chi connectivity index (χ0n) is 15.6. The van der Waals surface area contributed by atoms with E-state index in [1.54, 1.807) is 18.2 Å². The molecule has 0 radical (unpaired) electrons. The monoisotopic (exact) mass is 398 g/mol. The maximum absolute atomic E-state index is 12.6. The predicted molar refractivity (Wildman–Crippen MR) is 112 cm³/mol. The van der Waals surface area contributed by atoms with Gasteiger partial charge in [-0.05, 0) is 43.2 Å². The van der Waals surface area contributed by atoms with Gasteiger partial charge in [0.2, 0.25) is 11.8 Å². The molecule has 6 nitrogen and oxygen atoms in total. The molecule has 0 bridgehead atoms. The Morgan fingerprint density at radius 3 is 2.50 bits per heavy atom. The van der Waals surface area contributed by atoms with Crippen LogP contribution >= 0.6 is 11.8 Å². The number of aliphatic carboxylic acids is 1. The Morgan fingerprint density at radius 1 is 1.07 bits per heavy atom. The van der Waals surface area contributed by atoms with E-state index in [9.17, 15) is 14.4 Å². The summed E-state index contributed by atoms with van der Waals surface area (Å²) in [5, 5.41) is 13.8. The van der Waals surface area contributed by atoms with Crippen molar-refractivity contribution in [2.24, 2.45) is 0 Å². The van der Waals surface area contributed by atoms with Crippen LogP contribution in [0.25, 0.3) is 0 Å². The average Bonchev–Trinajstić information content (AvgIpc) is 2.66. The van der Waals surface area contributed by atoms with Gasteiger partial charge < -0.3 is 15.7 Å². The van der Waals surface area contributed by atoms with Crippen molar-refractivity contribution in [1.82, 2.24) is 0 Å². The van der Waals surface area contributed by atoms with Crippen LogP contribution in [0.1, 0.15) is 18.9 Å². The topological polar surface area (TPSA) is 95.5 Å². The molecule has 0 aliphatic rings. The molecule has 3 N–H and O–H groups in total. The number of carbonyl (C=O) groups is 3. The molecule has 2 rings (SSSR count). The lowest BCUT2D eigenvalue weighted by molar-refractivity contribution is -0.131. The summed E-state index contributed by atoms with van der Waals surface area (Å²) in [6.45, 7) is 3.88. The molecule has 0 saturated carbocycles. The van der Waals surface area contributed by atoms with Crippen LogP contribution < -0.4 is 10.6 Å². The molecule has 0 aliphatic heterocycles. The number of amides is 2. The summed E-state index contributed by atoms with van der Waals surface area (Å²) >= 11 is 1.41. The summed E-state index contributed by atoms with van der Waals surface area (Å²) in [6, 6.07) is 14.7. The van der Waals surface area contributed by atoms with Crippen LogP contribution in [-0.2, 0) is 14.4 Å². The van der Waals surface area contributed by atoms with Gasteiger partial charge >= 0.3 is 5.97 Å². The van der Waals surface area contributed by atoms with Crippen LogP contribution in [0.3, 0.4) is 0 Å². The molecule has 0 saturated heterocycles. The number of carboxylic acids is 1. The molecule has 0 fully saturated rings. The number of carbonyl (C=O) groups excluding carboxylic acids is 2. The summed E-state index contributed by atoms with van der Waals surface area (Å²) in [5.41, 5.74) is 2.31. The normalized spacial score (nSPS) is 11.8. The lowest BCUT2D eigenvalue weighted by Crippen LogP contribution is -2.24. The highest BCUT2D eigenvalue weighted by Crippen LogP contribution is 2.29. The van der Waals surface area contributed by atoms with Crippen LogP contribution in [0, 0.1) is 6.92 Å². The van der Waals surface area contributed by atoms with Gasteiger partial charge in [0.15, 0.2) is 0 Å². The average molecular weight is 398 g/mol. The third-order valence-electron chi connectivity index (χ3n) is 3.82. The van der Waals surface area contributed by atoms with E-state index in [-0.39, 0.29) is 11.2 Å². The zero-order chi connectivity index (χ0) is 20.5. The van der Waals surface area contributed by atoms with Crippen molar-refractivity contribution in [2.75, 3.05) is 10.6 Å². The minimum absolute atomic E-state index is 0.0827. The standard InChI is InChI=1S/C21H22N2O4S/c1-3-18(21(27)23-17-10-5-4-7-14(17)2)28-16-9-6-8-15(13-16)22-19(24)11-12-20(25)26/h4-13,18H,3H2,1-2H3,(H,22,24)(H,23,27)(H,25,26)/b12-11+. The fourth-order valence-corrected chi connectivity index (χ4v) is 3.40. The molecule has 1 atom stereocenters. The SMILES string of the molecule is CCC(Sc1cccc(NC(=O)/C=C/C(=O)O)c1)C(=O)Nc1ccccc1C. The molecule has 2 aromatic carbocycles. The Labute approximate surface area is 168 Å². The van der Waals surface area contributed by atoms with E-state index in [0.29, 0.717) is 12.1 Å². The van der Waals surface area contributed by atoms with E-state index in [1.165, 1.54) is 11.8 Å². The fourth-order valence-electron chi connectivity index (χ4n) is 2.39. The first kappa shape index (κ1) is 21.2. The highest BCUT2D eigenvalue weighted by atomic mass is 32.2. The maximum atomic E-state index is 12.6. The van der Waals surface area contributed by atoms with Crippen molar-refractivity contribution in [3.63, 3.8) is 0 Å². The number of thioether (sulfide) groups is 1. The van der Waals surface area contributed by atoms with Crippen LogP contribution in [0.5, 0.6) is 0 Å². The van der Waals surface area contributed by atoms with Gasteiger partial charge in [-0.1, -0.05) is 31.2 Å². The molecule has 2 amide bonds. The summed E-state index contributed by atoms with van der Waals surface area (Å²) < 4.78 is 0. The highest BCUT2D eigenvalue weighted by Gasteiger charge is 2.18. The number of nitrogens with one attached hydrogen (secondary N) is 2. The number of para-hydroxylation sites is 1. The Kier molecular flexibility index (Phi) is 7.83. The molecule has 0 spiro atoms. The van der Waals surface area contributed by atoms with Crippen molar-refractivity contribution in [1.29, 1.82) is 0 Å².